The van der Waals surface area contributed by atoms with Gasteiger partial charge in [-0.25, -0.2) is 0 Å². The second kappa shape index (κ2) is 8.21. The number of thioether (sulfide) groups is 1. The molecule has 2 N–H and O–H groups in total. The minimum absolute atomic E-state index is 0.169. The summed E-state index contributed by atoms with van der Waals surface area (Å²) in [6.45, 7) is 13.2. The summed E-state index contributed by atoms with van der Waals surface area (Å²) >= 11 is 1.88. The van der Waals surface area contributed by atoms with Crippen molar-refractivity contribution in [2.45, 2.75) is 75.6 Å². The Hall–Kier alpha value is -0.510. The molecule has 0 aliphatic heterocycles. The first-order valence-corrected chi connectivity index (χ1v) is 8.79. The number of hydrogen-bond acceptors (Lipinski definition) is 3. The van der Waals surface area contributed by atoms with Crippen molar-refractivity contribution >= 4 is 11.8 Å². The van der Waals surface area contributed by atoms with Crippen molar-refractivity contribution in [1.29, 1.82) is 0 Å². The van der Waals surface area contributed by atoms with E-state index in [1.807, 2.05) is 11.8 Å². The van der Waals surface area contributed by atoms with Crippen LogP contribution in [0.4, 0.5) is 0 Å². The monoisotopic (exact) mass is 309 g/mol. The van der Waals surface area contributed by atoms with Crippen LogP contribution >= 0.6 is 11.8 Å². The van der Waals surface area contributed by atoms with Gasteiger partial charge in [-0.3, -0.25) is 0 Å². The van der Waals surface area contributed by atoms with Crippen molar-refractivity contribution in [3.8, 4) is 0 Å². The predicted molar refractivity (Wildman–Crippen MR) is 94.2 cm³/mol. The third-order valence-corrected chi connectivity index (χ3v) is 4.72. The molecule has 0 aliphatic carbocycles. The Morgan fingerprint density at radius 1 is 1.10 bits per heavy atom. The van der Waals surface area contributed by atoms with E-state index in [-0.39, 0.29) is 12.1 Å². The van der Waals surface area contributed by atoms with Crippen LogP contribution in [0.3, 0.4) is 0 Å². The molecule has 0 radical (unpaired) electrons. The maximum atomic E-state index is 9.67. The number of nitrogens with one attached hydrogen (secondary N) is 1. The van der Waals surface area contributed by atoms with Gasteiger partial charge in [0.05, 0.1) is 6.61 Å². The largest absolute Gasteiger partial charge is 0.394 e. The van der Waals surface area contributed by atoms with Crippen LogP contribution in [-0.2, 0) is 0 Å². The first kappa shape index (κ1) is 18.5. The molecular weight excluding hydrogens is 278 g/mol. The van der Waals surface area contributed by atoms with Gasteiger partial charge in [-0.2, -0.15) is 0 Å². The van der Waals surface area contributed by atoms with Crippen molar-refractivity contribution in [3.05, 3.63) is 29.8 Å². The second-order valence-corrected chi connectivity index (χ2v) is 8.39. The van der Waals surface area contributed by atoms with E-state index >= 15 is 0 Å². The van der Waals surface area contributed by atoms with Gasteiger partial charge in [-0.15, -0.1) is 11.8 Å². The van der Waals surface area contributed by atoms with Gasteiger partial charge in [-0.1, -0.05) is 46.8 Å². The lowest BCUT2D eigenvalue weighted by Crippen LogP contribution is -2.50. The molecule has 0 saturated heterocycles. The lowest BCUT2D eigenvalue weighted by molar-refractivity contribution is 0.157. The highest BCUT2D eigenvalue weighted by Crippen LogP contribution is 2.30. The molecule has 2 nitrogen and oxygen atoms in total. The lowest BCUT2D eigenvalue weighted by Gasteiger charge is -2.33. The highest BCUT2D eigenvalue weighted by atomic mass is 32.2. The molecule has 2 unspecified atom stereocenters. The predicted octanol–water partition coefficient (Wildman–Crippen LogP) is 4.43. The van der Waals surface area contributed by atoms with Crippen molar-refractivity contribution < 1.29 is 5.11 Å². The van der Waals surface area contributed by atoms with E-state index in [4.69, 9.17) is 0 Å². The Labute approximate surface area is 134 Å². The fourth-order valence-corrected chi connectivity index (χ4v) is 3.91. The topological polar surface area (TPSA) is 32.3 Å². The second-order valence-electron chi connectivity index (χ2n) is 6.87. The molecular formula is C18H31NOS. The van der Waals surface area contributed by atoms with Gasteiger partial charge < -0.3 is 10.4 Å². The number of aliphatic hydroxyl groups excluding tert-OH is 1. The maximum absolute atomic E-state index is 9.67. The molecule has 0 bridgehead atoms. The van der Waals surface area contributed by atoms with Crippen LogP contribution in [0.2, 0.25) is 0 Å². The molecule has 120 valence electrons. The Bertz CT molecular complexity index is 416. The minimum Gasteiger partial charge on any atom is -0.394 e. The van der Waals surface area contributed by atoms with Gasteiger partial charge in [0.2, 0.25) is 0 Å². The molecule has 0 fully saturated rings. The highest BCUT2D eigenvalue weighted by molar-refractivity contribution is 7.99. The van der Waals surface area contributed by atoms with Gasteiger partial charge in [0, 0.05) is 21.7 Å². The molecule has 0 heterocycles. The highest BCUT2D eigenvalue weighted by Gasteiger charge is 2.26. The van der Waals surface area contributed by atoms with Crippen LogP contribution in [0, 0.1) is 0 Å². The first-order valence-electron chi connectivity index (χ1n) is 7.91. The molecule has 1 aromatic carbocycles. The maximum Gasteiger partial charge on any atom is 0.0611 e. The molecule has 3 heteroatoms. The zero-order valence-corrected chi connectivity index (χ0v) is 15.1. The lowest BCUT2D eigenvalue weighted by atomic mass is 9.96. The number of rotatable bonds is 8. The molecule has 2 atom stereocenters. The summed E-state index contributed by atoms with van der Waals surface area (Å²) in [5.74, 6) is 0.578. The SMILES string of the molecule is CC(C)NC(C)(CO)CC(C)Sc1ccc(C(C)C)cc1. The summed E-state index contributed by atoms with van der Waals surface area (Å²) in [5.41, 5.74) is 1.17. The minimum atomic E-state index is -0.210. The van der Waals surface area contributed by atoms with Crippen molar-refractivity contribution in [2.75, 3.05) is 6.61 Å². The van der Waals surface area contributed by atoms with E-state index in [1.54, 1.807) is 0 Å². The van der Waals surface area contributed by atoms with E-state index in [1.165, 1.54) is 10.5 Å². The molecule has 0 spiro atoms. The van der Waals surface area contributed by atoms with E-state index < -0.39 is 0 Å². The third-order valence-electron chi connectivity index (χ3n) is 3.61. The van der Waals surface area contributed by atoms with Gasteiger partial charge in [0.15, 0.2) is 0 Å². The summed E-state index contributed by atoms with van der Waals surface area (Å²) in [4.78, 5) is 1.30. The zero-order valence-electron chi connectivity index (χ0n) is 14.3. The molecule has 0 amide bonds. The van der Waals surface area contributed by atoms with Gasteiger partial charge in [0.25, 0.3) is 0 Å². The first-order chi connectivity index (χ1) is 9.75. The molecule has 0 aliphatic rings. The molecule has 1 aromatic rings. The fourth-order valence-electron chi connectivity index (χ4n) is 2.71. The van der Waals surface area contributed by atoms with Gasteiger partial charge >= 0.3 is 0 Å². The number of hydrogen-bond donors (Lipinski definition) is 2. The summed E-state index contributed by atoms with van der Waals surface area (Å²) in [6, 6.07) is 9.24. The normalized spacial score (nSPS) is 16.2. The van der Waals surface area contributed by atoms with Crippen molar-refractivity contribution in [2.24, 2.45) is 0 Å². The Morgan fingerprint density at radius 2 is 1.67 bits per heavy atom. The van der Waals surface area contributed by atoms with Crippen LogP contribution < -0.4 is 5.32 Å². The van der Waals surface area contributed by atoms with Gasteiger partial charge in [0.1, 0.15) is 0 Å². The molecule has 1 rings (SSSR count). The third kappa shape index (κ3) is 6.41. The van der Waals surface area contributed by atoms with Crippen molar-refractivity contribution in [1.82, 2.24) is 5.32 Å². The number of benzene rings is 1. The van der Waals surface area contributed by atoms with E-state index in [2.05, 4.69) is 71.1 Å². The average molecular weight is 310 g/mol. The zero-order chi connectivity index (χ0) is 16.0. The van der Waals surface area contributed by atoms with Crippen LogP contribution in [0.25, 0.3) is 0 Å². The van der Waals surface area contributed by atoms with E-state index in [0.717, 1.165) is 6.42 Å². The quantitative estimate of drug-likeness (QED) is 0.697. The van der Waals surface area contributed by atoms with Crippen LogP contribution in [0.1, 0.15) is 59.4 Å². The summed E-state index contributed by atoms with van der Waals surface area (Å²) in [5, 5.41) is 13.6. The average Bonchev–Trinajstić information content (AvgIpc) is 2.38. The Morgan fingerprint density at radius 3 is 2.10 bits per heavy atom. The Kier molecular flexibility index (Phi) is 7.25. The summed E-state index contributed by atoms with van der Waals surface area (Å²) in [7, 11) is 0. The van der Waals surface area contributed by atoms with E-state index in [0.29, 0.717) is 17.2 Å². The van der Waals surface area contributed by atoms with Crippen LogP contribution in [0.5, 0.6) is 0 Å². The van der Waals surface area contributed by atoms with Crippen molar-refractivity contribution in [3.63, 3.8) is 0 Å². The molecule has 21 heavy (non-hydrogen) atoms. The Balaban J connectivity index is 2.61. The molecule has 0 aromatic heterocycles. The smallest absolute Gasteiger partial charge is 0.0611 e. The summed E-state index contributed by atoms with van der Waals surface area (Å²) < 4.78 is 0. The standard InChI is InChI=1S/C18H31NOS/c1-13(2)16-7-9-17(10-8-16)21-15(5)11-18(6,12-20)19-14(3)4/h7-10,13-15,19-20H,11-12H2,1-6H3. The van der Waals surface area contributed by atoms with Gasteiger partial charge in [-0.05, 0) is 37.0 Å². The van der Waals surface area contributed by atoms with E-state index in [9.17, 15) is 5.11 Å². The molecule has 0 saturated carbocycles. The summed E-state index contributed by atoms with van der Waals surface area (Å²) in [6.07, 6.45) is 0.943. The number of aliphatic hydroxyl groups is 1. The fraction of sp³-hybridized carbons (Fsp3) is 0.667. The van der Waals surface area contributed by atoms with Crippen LogP contribution in [0.15, 0.2) is 29.2 Å². The van der Waals surface area contributed by atoms with Crippen LogP contribution in [-0.4, -0.2) is 28.5 Å².